The molecular formula is C20H30N6O3. The summed E-state index contributed by atoms with van der Waals surface area (Å²) in [5, 5.41) is 5.50. The molecule has 0 radical (unpaired) electrons. The first-order valence-electron chi connectivity index (χ1n) is 10.3. The van der Waals surface area contributed by atoms with Gasteiger partial charge in [0.05, 0.1) is 18.2 Å². The summed E-state index contributed by atoms with van der Waals surface area (Å²) in [5.74, 6) is -0.445. The number of nitrogens with one attached hydrogen (secondary N) is 2. The molecule has 1 aromatic rings. The molecule has 1 aromatic heterocycles. The average Bonchev–Trinajstić information content (AvgIpc) is 3.35. The first-order chi connectivity index (χ1) is 13.8. The number of amides is 3. The second kappa shape index (κ2) is 9.19. The highest BCUT2D eigenvalue weighted by molar-refractivity contribution is 5.86. The molecule has 2 N–H and O–H groups in total. The summed E-state index contributed by atoms with van der Waals surface area (Å²) >= 11 is 0. The van der Waals surface area contributed by atoms with Gasteiger partial charge < -0.3 is 20.4 Å². The van der Waals surface area contributed by atoms with Gasteiger partial charge in [-0.3, -0.25) is 14.4 Å². The number of nitrogens with zero attached hydrogens (tertiary/aromatic N) is 4. The zero-order valence-electron chi connectivity index (χ0n) is 17.4. The molecule has 0 bridgehead atoms. The van der Waals surface area contributed by atoms with Crippen LogP contribution in [0.5, 0.6) is 0 Å². The fraction of sp³-hybridized carbons (Fsp3) is 0.650. The van der Waals surface area contributed by atoms with Crippen molar-refractivity contribution in [1.29, 1.82) is 0 Å². The van der Waals surface area contributed by atoms with Crippen LogP contribution in [0.3, 0.4) is 0 Å². The highest BCUT2D eigenvalue weighted by atomic mass is 16.2. The summed E-state index contributed by atoms with van der Waals surface area (Å²) in [5.41, 5.74) is 0.778. The molecule has 0 unspecified atom stereocenters. The van der Waals surface area contributed by atoms with Crippen LogP contribution in [0, 0.1) is 5.92 Å². The van der Waals surface area contributed by atoms with E-state index in [4.69, 9.17) is 4.98 Å². The molecule has 0 aromatic carbocycles. The lowest BCUT2D eigenvalue weighted by Gasteiger charge is -2.21. The second-order valence-electron chi connectivity index (χ2n) is 8.06. The molecule has 0 aliphatic carbocycles. The van der Waals surface area contributed by atoms with Gasteiger partial charge in [-0.15, -0.1) is 0 Å². The lowest BCUT2D eigenvalue weighted by Crippen LogP contribution is -2.41. The van der Waals surface area contributed by atoms with E-state index in [9.17, 15) is 14.4 Å². The molecule has 9 nitrogen and oxygen atoms in total. The predicted molar refractivity (Wildman–Crippen MR) is 108 cm³/mol. The molecule has 29 heavy (non-hydrogen) atoms. The van der Waals surface area contributed by atoms with Crippen LogP contribution in [0.4, 0.5) is 5.95 Å². The van der Waals surface area contributed by atoms with Gasteiger partial charge in [0.25, 0.3) is 0 Å². The maximum Gasteiger partial charge on any atom is 0.242 e. The largest absolute Gasteiger partial charge is 0.354 e. The van der Waals surface area contributed by atoms with Gasteiger partial charge in [0, 0.05) is 51.3 Å². The first-order valence-corrected chi connectivity index (χ1v) is 10.3. The number of likely N-dealkylation sites (tertiary alicyclic amines) is 1. The fourth-order valence-electron chi connectivity index (χ4n) is 3.91. The highest BCUT2D eigenvalue weighted by Crippen LogP contribution is 2.33. The summed E-state index contributed by atoms with van der Waals surface area (Å²) < 4.78 is 0. The molecule has 158 valence electrons. The van der Waals surface area contributed by atoms with E-state index in [-0.39, 0.29) is 42.1 Å². The number of carbonyl (C=O) groups is 3. The van der Waals surface area contributed by atoms with E-state index in [0.29, 0.717) is 19.0 Å². The Morgan fingerprint density at radius 3 is 2.59 bits per heavy atom. The number of aromatic nitrogens is 2. The van der Waals surface area contributed by atoms with Crippen molar-refractivity contribution in [3.05, 3.63) is 18.0 Å². The lowest BCUT2D eigenvalue weighted by molar-refractivity contribution is -0.132. The molecule has 3 heterocycles. The van der Waals surface area contributed by atoms with Crippen molar-refractivity contribution in [2.45, 2.75) is 45.6 Å². The quantitative estimate of drug-likeness (QED) is 0.708. The second-order valence-corrected chi connectivity index (χ2v) is 8.06. The van der Waals surface area contributed by atoms with Crippen LogP contribution < -0.4 is 15.5 Å². The number of carbonyl (C=O) groups excluding carboxylic acids is 3. The van der Waals surface area contributed by atoms with Gasteiger partial charge in [-0.05, 0) is 32.8 Å². The van der Waals surface area contributed by atoms with Gasteiger partial charge in [0.15, 0.2) is 0 Å². The summed E-state index contributed by atoms with van der Waals surface area (Å²) in [6.07, 6.45) is 3.99. The first kappa shape index (κ1) is 21.0. The van der Waals surface area contributed by atoms with Crippen LogP contribution in [-0.2, 0) is 14.4 Å². The Labute approximate surface area is 171 Å². The SMILES string of the molecule is CC(=O)NCC(=O)N1C[C@@H](C(=O)NC(C)C)[C@H](c2ccnc(N3CCCC3)n2)C1. The van der Waals surface area contributed by atoms with Gasteiger partial charge in [0.2, 0.25) is 23.7 Å². The molecule has 2 aliphatic rings. The maximum absolute atomic E-state index is 12.8. The van der Waals surface area contributed by atoms with Gasteiger partial charge >= 0.3 is 0 Å². The zero-order chi connectivity index (χ0) is 21.0. The Balaban J connectivity index is 1.81. The summed E-state index contributed by atoms with van der Waals surface area (Å²) in [6.45, 7) is 7.72. The van der Waals surface area contributed by atoms with Crippen molar-refractivity contribution in [3.8, 4) is 0 Å². The standard InChI is InChI=1S/C20H30N6O3/c1-13(2)23-19(29)16-12-26(18(28)10-22-14(3)27)11-15(16)17-6-7-21-20(24-17)25-8-4-5-9-25/h6-7,13,15-16H,4-5,8-12H2,1-3H3,(H,22,27)(H,23,29)/t15-,16-/m1/s1. The highest BCUT2D eigenvalue weighted by Gasteiger charge is 2.41. The Morgan fingerprint density at radius 1 is 1.21 bits per heavy atom. The molecule has 2 fully saturated rings. The van der Waals surface area contributed by atoms with Crippen LogP contribution in [0.2, 0.25) is 0 Å². The van der Waals surface area contributed by atoms with Crippen molar-refractivity contribution < 1.29 is 14.4 Å². The summed E-state index contributed by atoms with van der Waals surface area (Å²) in [7, 11) is 0. The van der Waals surface area contributed by atoms with Gasteiger partial charge in [0.1, 0.15) is 0 Å². The summed E-state index contributed by atoms with van der Waals surface area (Å²) in [6, 6.07) is 1.85. The predicted octanol–water partition coefficient (Wildman–Crippen LogP) is 0.280. The van der Waals surface area contributed by atoms with Crippen molar-refractivity contribution in [1.82, 2.24) is 25.5 Å². The zero-order valence-corrected chi connectivity index (χ0v) is 17.4. The minimum absolute atomic E-state index is 0.0119. The fourth-order valence-corrected chi connectivity index (χ4v) is 3.91. The van der Waals surface area contributed by atoms with E-state index >= 15 is 0 Å². The van der Waals surface area contributed by atoms with E-state index < -0.39 is 0 Å². The van der Waals surface area contributed by atoms with E-state index in [0.717, 1.165) is 31.6 Å². The van der Waals surface area contributed by atoms with E-state index in [1.54, 1.807) is 11.1 Å². The maximum atomic E-state index is 12.8. The third-order valence-corrected chi connectivity index (χ3v) is 5.36. The number of rotatable bonds is 6. The minimum atomic E-state index is -0.389. The molecule has 0 spiro atoms. The third kappa shape index (κ3) is 5.21. The van der Waals surface area contributed by atoms with Crippen LogP contribution in [0.25, 0.3) is 0 Å². The van der Waals surface area contributed by atoms with E-state index in [1.165, 1.54) is 6.92 Å². The van der Waals surface area contributed by atoms with Crippen molar-refractivity contribution in [3.63, 3.8) is 0 Å². The Bertz CT molecular complexity index is 762. The van der Waals surface area contributed by atoms with Crippen molar-refractivity contribution in [2.24, 2.45) is 5.92 Å². The molecule has 2 atom stereocenters. The topological polar surface area (TPSA) is 108 Å². The molecule has 9 heteroatoms. The molecule has 2 aliphatic heterocycles. The normalized spacial score (nSPS) is 21.5. The third-order valence-electron chi connectivity index (χ3n) is 5.36. The van der Waals surface area contributed by atoms with Crippen LogP contribution in [-0.4, -0.2) is 71.4 Å². The number of hydrogen-bond donors (Lipinski definition) is 2. The molecule has 3 rings (SSSR count). The molecule has 3 amide bonds. The number of anilines is 1. The minimum Gasteiger partial charge on any atom is -0.354 e. The van der Waals surface area contributed by atoms with Gasteiger partial charge in [-0.1, -0.05) is 0 Å². The van der Waals surface area contributed by atoms with Gasteiger partial charge in [-0.25, -0.2) is 9.97 Å². The Hall–Kier alpha value is -2.71. The average molecular weight is 402 g/mol. The van der Waals surface area contributed by atoms with E-state index in [2.05, 4.69) is 20.5 Å². The number of hydrogen-bond acceptors (Lipinski definition) is 6. The molecule has 0 saturated carbocycles. The Kier molecular flexibility index (Phi) is 6.66. The summed E-state index contributed by atoms with van der Waals surface area (Å²) in [4.78, 5) is 49.5. The van der Waals surface area contributed by atoms with Crippen molar-refractivity contribution in [2.75, 3.05) is 37.6 Å². The molecular weight excluding hydrogens is 372 g/mol. The van der Waals surface area contributed by atoms with Crippen LogP contribution in [0.15, 0.2) is 12.3 Å². The van der Waals surface area contributed by atoms with Gasteiger partial charge in [-0.2, -0.15) is 0 Å². The van der Waals surface area contributed by atoms with E-state index in [1.807, 2.05) is 19.9 Å². The Morgan fingerprint density at radius 2 is 1.93 bits per heavy atom. The monoisotopic (exact) mass is 402 g/mol. The van der Waals surface area contributed by atoms with Crippen LogP contribution in [0.1, 0.15) is 45.2 Å². The van der Waals surface area contributed by atoms with Crippen molar-refractivity contribution >= 4 is 23.7 Å². The van der Waals surface area contributed by atoms with Crippen LogP contribution >= 0.6 is 0 Å². The lowest BCUT2D eigenvalue weighted by atomic mass is 9.91. The smallest absolute Gasteiger partial charge is 0.242 e. The molecule has 2 saturated heterocycles.